The van der Waals surface area contributed by atoms with Gasteiger partial charge >= 0.3 is 0 Å². The zero-order chi connectivity index (χ0) is 22.0. The highest BCUT2D eigenvalue weighted by Crippen LogP contribution is 2.44. The van der Waals surface area contributed by atoms with E-state index in [1.165, 1.54) is 21.3 Å². The lowest BCUT2D eigenvalue weighted by molar-refractivity contribution is 0.0472. The van der Waals surface area contributed by atoms with E-state index in [1.54, 1.807) is 30.3 Å². The van der Waals surface area contributed by atoms with Crippen molar-refractivity contribution in [2.45, 2.75) is 12.3 Å². The highest BCUT2D eigenvalue weighted by Gasteiger charge is 2.44. The number of rotatable bonds is 7. The van der Waals surface area contributed by atoms with E-state index in [4.69, 9.17) is 18.9 Å². The maximum atomic E-state index is 12.7. The number of fused-ring (bicyclic) bond motifs is 1. The first-order valence-corrected chi connectivity index (χ1v) is 9.66. The van der Waals surface area contributed by atoms with Gasteiger partial charge in [0, 0.05) is 11.1 Å². The van der Waals surface area contributed by atoms with Crippen LogP contribution in [0.5, 0.6) is 23.0 Å². The molecule has 4 rings (SSSR count). The number of carbonyl (C=O) groups is 1. The summed E-state index contributed by atoms with van der Waals surface area (Å²) in [6.07, 6.45) is 0. The van der Waals surface area contributed by atoms with E-state index in [1.807, 2.05) is 30.3 Å². The van der Waals surface area contributed by atoms with Crippen molar-refractivity contribution < 1.29 is 28.8 Å². The van der Waals surface area contributed by atoms with Crippen LogP contribution in [0.25, 0.3) is 0 Å². The zero-order valence-corrected chi connectivity index (χ0v) is 17.5. The SMILES string of the molecule is COc1cc(C2(O)NC(=O)c3cc(OCc4ccccc4)ccc32)cc(OC)c1OC. The predicted molar refractivity (Wildman–Crippen MR) is 114 cm³/mol. The van der Waals surface area contributed by atoms with Gasteiger partial charge in [0.15, 0.2) is 17.2 Å². The quantitative estimate of drug-likeness (QED) is 0.609. The van der Waals surface area contributed by atoms with E-state index in [2.05, 4.69) is 5.32 Å². The second-order valence-corrected chi connectivity index (χ2v) is 7.06. The Hall–Kier alpha value is -3.71. The summed E-state index contributed by atoms with van der Waals surface area (Å²) < 4.78 is 21.9. The average molecular weight is 421 g/mol. The smallest absolute Gasteiger partial charge is 0.254 e. The fourth-order valence-corrected chi connectivity index (χ4v) is 3.67. The van der Waals surface area contributed by atoms with E-state index in [9.17, 15) is 9.90 Å². The molecule has 0 aliphatic carbocycles. The standard InChI is InChI=1S/C24H23NO6/c1-28-20-11-16(12-21(29-2)22(20)30-3)24(27)19-10-9-17(13-18(19)23(26)25-24)31-14-15-7-5-4-6-8-15/h4-13,27H,14H2,1-3H3,(H,25,26). The largest absolute Gasteiger partial charge is 0.493 e. The number of nitrogens with one attached hydrogen (secondary N) is 1. The third-order valence-corrected chi connectivity index (χ3v) is 5.25. The monoisotopic (exact) mass is 421 g/mol. The van der Waals surface area contributed by atoms with Crippen molar-refractivity contribution >= 4 is 5.91 Å². The number of ether oxygens (including phenoxy) is 4. The van der Waals surface area contributed by atoms with Crippen LogP contribution >= 0.6 is 0 Å². The summed E-state index contributed by atoms with van der Waals surface area (Å²) in [7, 11) is 4.48. The van der Waals surface area contributed by atoms with Gasteiger partial charge in [0.2, 0.25) is 5.75 Å². The van der Waals surface area contributed by atoms with Crippen molar-refractivity contribution in [3.05, 3.63) is 82.9 Å². The number of benzene rings is 3. The summed E-state index contributed by atoms with van der Waals surface area (Å²) in [4.78, 5) is 12.7. The Kier molecular flexibility index (Phi) is 5.44. The van der Waals surface area contributed by atoms with Gasteiger partial charge in [-0.05, 0) is 35.9 Å². The Balaban J connectivity index is 1.69. The van der Waals surface area contributed by atoms with Crippen LogP contribution in [-0.2, 0) is 12.3 Å². The Bertz CT molecular complexity index is 1090. The normalized spacial score (nSPS) is 17.0. The molecule has 7 nitrogen and oxygen atoms in total. The van der Waals surface area contributed by atoms with Gasteiger partial charge in [-0.3, -0.25) is 4.79 Å². The van der Waals surface area contributed by atoms with Crippen molar-refractivity contribution in [3.63, 3.8) is 0 Å². The number of hydrogen-bond acceptors (Lipinski definition) is 6. The molecular weight excluding hydrogens is 398 g/mol. The lowest BCUT2D eigenvalue weighted by Gasteiger charge is -2.26. The summed E-state index contributed by atoms with van der Waals surface area (Å²) >= 11 is 0. The Labute approximate surface area is 180 Å². The molecule has 0 radical (unpaired) electrons. The maximum Gasteiger partial charge on any atom is 0.254 e. The summed E-state index contributed by atoms with van der Waals surface area (Å²) in [6, 6.07) is 18.0. The van der Waals surface area contributed by atoms with Gasteiger partial charge in [0.1, 0.15) is 12.4 Å². The first-order chi connectivity index (χ1) is 15.0. The first-order valence-electron chi connectivity index (χ1n) is 9.66. The van der Waals surface area contributed by atoms with Crippen LogP contribution in [-0.4, -0.2) is 32.3 Å². The van der Waals surface area contributed by atoms with Gasteiger partial charge in [0.25, 0.3) is 5.91 Å². The van der Waals surface area contributed by atoms with E-state index in [-0.39, 0.29) is 0 Å². The van der Waals surface area contributed by atoms with Crippen LogP contribution in [0.1, 0.15) is 27.0 Å². The molecule has 1 atom stereocenters. The third-order valence-electron chi connectivity index (χ3n) is 5.25. The summed E-state index contributed by atoms with van der Waals surface area (Å²) in [5, 5.41) is 14.1. The zero-order valence-electron chi connectivity index (χ0n) is 17.5. The molecule has 1 unspecified atom stereocenters. The van der Waals surface area contributed by atoms with Crippen LogP contribution in [0.4, 0.5) is 0 Å². The predicted octanol–water partition coefficient (Wildman–Crippen LogP) is 3.23. The lowest BCUT2D eigenvalue weighted by atomic mass is 9.93. The summed E-state index contributed by atoms with van der Waals surface area (Å²) in [6.45, 7) is 0.373. The molecular formula is C24H23NO6. The van der Waals surface area contributed by atoms with E-state index < -0.39 is 11.6 Å². The third kappa shape index (κ3) is 3.64. The minimum Gasteiger partial charge on any atom is -0.493 e. The fourth-order valence-electron chi connectivity index (χ4n) is 3.67. The van der Waals surface area contributed by atoms with Crippen LogP contribution in [0, 0.1) is 0 Å². The van der Waals surface area contributed by atoms with Crippen molar-refractivity contribution in [2.24, 2.45) is 0 Å². The molecule has 1 heterocycles. The van der Waals surface area contributed by atoms with E-state index in [0.717, 1.165) is 5.56 Å². The lowest BCUT2D eigenvalue weighted by Crippen LogP contribution is -2.40. The maximum absolute atomic E-state index is 12.7. The van der Waals surface area contributed by atoms with Gasteiger partial charge in [0.05, 0.1) is 26.9 Å². The Morgan fingerprint density at radius 3 is 2.19 bits per heavy atom. The molecule has 31 heavy (non-hydrogen) atoms. The molecule has 2 N–H and O–H groups in total. The van der Waals surface area contributed by atoms with E-state index >= 15 is 0 Å². The molecule has 1 aliphatic rings. The van der Waals surface area contributed by atoms with Crippen LogP contribution in [0.2, 0.25) is 0 Å². The second-order valence-electron chi connectivity index (χ2n) is 7.06. The van der Waals surface area contributed by atoms with Crippen LogP contribution < -0.4 is 24.3 Å². The topological polar surface area (TPSA) is 86.3 Å². The van der Waals surface area contributed by atoms with Crippen molar-refractivity contribution in [1.82, 2.24) is 5.32 Å². The van der Waals surface area contributed by atoms with Gasteiger partial charge in [-0.1, -0.05) is 30.3 Å². The number of carbonyl (C=O) groups excluding carboxylic acids is 1. The second kappa shape index (κ2) is 8.20. The number of aliphatic hydroxyl groups is 1. The number of hydrogen-bond donors (Lipinski definition) is 2. The van der Waals surface area contributed by atoms with Gasteiger partial charge in [-0.15, -0.1) is 0 Å². The molecule has 3 aromatic carbocycles. The average Bonchev–Trinajstić information content (AvgIpc) is 3.07. The molecule has 1 amide bonds. The highest BCUT2D eigenvalue weighted by atomic mass is 16.5. The van der Waals surface area contributed by atoms with Crippen LogP contribution in [0.3, 0.4) is 0 Å². The summed E-state index contributed by atoms with van der Waals surface area (Å²) in [5.41, 5.74) is 0.395. The molecule has 0 fully saturated rings. The van der Waals surface area contributed by atoms with E-state index in [0.29, 0.717) is 46.3 Å². The first kappa shape index (κ1) is 20.6. The van der Waals surface area contributed by atoms with Crippen LogP contribution in [0.15, 0.2) is 60.7 Å². The number of methoxy groups -OCH3 is 3. The molecule has 3 aromatic rings. The minimum atomic E-state index is -1.75. The van der Waals surface area contributed by atoms with Gasteiger partial charge in [-0.25, -0.2) is 0 Å². The highest BCUT2D eigenvalue weighted by molar-refractivity contribution is 6.00. The molecule has 0 spiro atoms. The molecule has 7 heteroatoms. The Morgan fingerprint density at radius 2 is 1.58 bits per heavy atom. The summed E-state index contributed by atoms with van der Waals surface area (Å²) in [5.74, 6) is 1.27. The van der Waals surface area contributed by atoms with Gasteiger partial charge < -0.3 is 29.4 Å². The molecule has 1 aliphatic heterocycles. The fraction of sp³-hybridized carbons (Fsp3) is 0.208. The molecule has 160 valence electrons. The molecule has 0 saturated carbocycles. The number of amides is 1. The van der Waals surface area contributed by atoms with Crippen molar-refractivity contribution in [1.29, 1.82) is 0 Å². The molecule has 0 saturated heterocycles. The van der Waals surface area contributed by atoms with Crippen molar-refractivity contribution in [2.75, 3.05) is 21.3 Å². The molecule has 0 bridgehead atoms. The Morgan fingerprint density at radius 1 is 0.903 bits per heavy atom. The van der Waals surface area contributed by atoms with Crippen molar-refractivity contribution in [3.8, 4) is 23.0 Å². The minimum absolute atomic E-state index is 0.335. The molecule has 0 aromatic heterocycles. The van der Waals surface area contributed by atoms with Gasteiger partial charge in [-0.2, -0.15) is 0 Å².